The van der Waals surface area contributed by atoms with Crippen molar-refractivity contribution in [2.45, 2.75) is 13.8 Å². The van der Waals surface area contributed by atoms with Crippen molar-refractivity contribution in [1.29, 1.82) is 0 Å². The maximum atomic E-state index is 12.3. The molecule has 0 saturated carbocycles. The van der Waals surface area contributed by atoms with Crippen LogP contribution in [0.3, 0.4) is 0 Å². The molecule has 23 heavy (non-hydrogen) atoms. The summed E-state index contributed by atoms with van der Waals surface area (Å²) < 4.78 is 0. The molecule has 0 saturated heterocycles. The van der Waals surface area contributed by atoms with Crippen molar-refractivity contribution in [3.8, 4) is 0 Å². The van der Waals surface area contributed by atoms with Crippen molar-refractivity contribution in [2.24, 2.45) is 0 Å². The van der Waals surface area contributed by atoms with E-state index < -0.39 is 27.1 Å². The second kappa shape index (κ2) is 6.22. The topological polar surface area (TPSA) is 115 Å². The van der Waals surface area contributed by atoms with Crippen LogP contribution in [0.4, 0.5) is 17.1 Å². The first kappa shape index (κ1) is 16.1. The number of benzene rings is 2. The van der Waals surface area contributed by atoms with Gasteiger partial charge in [-0.1, -0.05) is 18.2 Å². The van der Waals surface area contributed by atoms with Crippen molar-refractivity contribution in [3.05, 3.63) is 73.3 Å². The molecule has 2 rings (SSSR count). The Morgan fingerprint density at radius 3 is 1.87 bits per heavy atom. The standard InChI is InChI=1S/C15H13N3O5/c1-9-4-3-5-10(2)14(9)16-15(19)11-6-12(17(20)21)8-13(7-11)18(22)23/h3-8H,1-2H3,(H,16,19). The van der Waals surface area contributed by atoms with Crippen LogP contribution in [0.1, 0.15) is 21.5 Å². The lowest BCUT2D eigenvalue weighted by atomic mass is 10.1. The molecular weight excluding hydrogens is 302 g/mol. The average Bonchev–Trinajstić information content (AvgIpc) is 2.50. The van der Waals surface area contributed by atoms with E-state index in [4.69, 9.17) is 0 Å². The molecule has 1 N–H and O–H groups in total. The summed E-state index contributed by atoms with van der Waals surface area (Å²) in [6.07, 6.45) is 0. The van der Waals surface area contributed by atoms with Crippen molar-refractivity contribution in [2.75, 3.05) is 5.32 Å². The van der Waals surface area contributed by atoms with Crippen LogP contribution in [-0.4, -0.2) is 15.8 Å². The van der Waals surface area contributed by atoms with Crippen LogP contribution < -0.4 is 5.32 Å². The Kier molecular flexibility index (Phi) is 4.35. The van der Waals surface area contributed by atoms with Gasteiger partial charge >= 0.3 is 0 Å². The molecule has 0 atom stereocenters. The zero-order valence-corrected chi connectivity index (χ0v) is 12.4. The second-order valence-corrected chi connectivity index (χ2v) is 4.97. The van der Waals surface area contributed by atoms with E-state index >= 15 is 0 Å². The predicted octanol–water partition coefficient (Wildman–Crippen LogP) is 3.37. The maximum absolute atomic E-state index is 12.3. The van der Waals surface area contributed by atoms with E-state index in [0.717, 1.165) is 29.3 Å². The fourth-order valence-corrected chi connectivity index (χ4v) is 2.13. The SMILES string of the molecule is Cc1cccc(C)c1NC(=O)c1cc([N+](=O)[O-])cc([N+](=O)[O-])c1. The van der Waals surface area contributed by atoms with Crippen LogP contribution in [0.15, 0.2) is 36.4 Å². The third-order valence-corrected chi connectivity index (χ3v) is 3.31. The van der Waals surface area contributed by atoms with Crippen molar-refractivity contribution < 1.29 is 14.6 Å². The lowest BCUT2D eigenvalue weighted by Crippen LogP contribution is -2.14. The molecule has 0 heterocycles. The molecule has 2 aromatic carbocycles. The molecule has 0 aliphatic heterocycles. The number of amides is 1. The van der Waals surface area contributed by atoms with Gasteiger partial charge in [0.1, 0.15) is 0 Å². The minimum absolute atomic E-state index is 0.145. The van der Waals surface area contributed by atoms with Crippen LogP contribution in [0, 0.1) is 34.1 Å². The molecule has 0 aliphatic rings. The smallest absolute Gasteiger partial charge is 0.277 e. The summed E-state index contributed by atoms with van der Waals surface area (Å²) in [6, 6.07) is 8.28. The van der Waals surface area contributed by atoms with E-state index in [-0.39, 0.29) is 5.56 Å². The number of hydrogen-bond donors (Lipinski definition) is 1. The van der Waals surface area contributed by atoms with Crippen LogP contribution in [-0.2, 0) is 0 Å². The zero-order valence-electron chi connectivity index (χ0n) is 12.4. The lowest BCUT2D eigenvalue weighted by molar-refractivity contribution is -0.394. The number of nitro groups is 2. The first-order chi connectivity index (χ1) is 10.8. The van der Waals surface area contributed by atoms with Crippen molar-refractivity contribution >= 4 is 23.0 Å². The van der Waals surface area contributed by atoms with Gasteiger partial charge in [0, 0.05) is 17.8 Å². The average molecular weight is 315 g/mol. The Labute approximate surface area is 131 Å². The molecule has 118 valence electrons. The molecule has 2 aromatic rings. The minimum Gasteiger partial charge on any atom is -0.321 e. The number of nitro benzene ring substituents is 2. The Hall–Kier alpha value is -3.29. The highest BCUT2D eigenvalue weighted by Gasteiger charge is 2.20. The van der Waals surface area contributed by atoms with Gasteiger partial charge in [0.15, 0.2) is 0 Å². The van der Waals surface area contributed by atoms with Gasteiger partial charge in [0.05, 0.1) is 21.5 Å². The molecule has 0 spiro atoms. The van der Waals surface area contributed by atoms with E-state index in [9.17, 15) is 25.0 Å². The first-order valence-electron chi connectivity index (χ1n) is 6.61. The van der Waals surface area contributed by atoms with Crippen molar-refractivity contribution in [3.63, 3.8) is 0 Å². The Bertz CT molecular complexity index is 764. The zero-order chi connectivity index (χ0) is 17.1. The number of carbonyl (C=O) groups is 1. The number of non-ortho nitro benzene ring substituents is 2. The Morgan fingerprint density at radius 1 is 0.957 bits per heavy atom. The van der Waals surface area contributed by atoms with Gasteiger partial charge in [-0.15, -0.1) is 0 Å². The van der Waals surface area contributed by atoms with Crippen LogP contribution in [0.5, 0.6) is 0 Å². The predicted molar refractivity (Wildman–Crippen MR) is 83.6 cm³/mol. The number of nitrogens with zero attached hydrogens (tertiary/aromatic N) is 2. The maximum Gasteiger partial charge on any atom is 0.277 e. The summed E-state index contributed by atoms with van der Waals surface area (Å²) in [5, 5.41) is 24.4. The summed E-state index contributed by atoms with van der Waals surface area (Å²) in [4.78, 5) is 32.5. The van der Waals surface area contributed by atoms with Crippen LogP contribution in [0.25, 0.3) is 0 Å². The van der Waals surface area contributed by atoms with Crippen LogP contribution in [0.2, 0.25) is 0 Å². The summed E-state index contributed by atoms with van der Waals surface area (Å²) >= 11 is 0. The second-order valence-electron chi connectivity index (χ2n) is 4.97. The molecule has 0 bridgehead atoms. The van der Waals surface area contributed by atoms with Crippen LogP contribution >= 0.6 is 0 Å². The molecule has 0 aromatic heterocycles. The fourth-order valence-electron chi connectivity index (χ4n) is 2.13. The van der Waals surface area contributed by atoms with E-state index in [0.29, 0.717) is 5.69 Å². The number of anilines is 1. The summed E-state index contributed by atoms with van der Waals surface area (Å²) in [7, 11) is 0. The molecule has 0 fully saturated rings. The minimum atomic E-state index is -0.775. The largest absolute Gasteiger partial charge is 0.321 e. The van der Waals surface area contributed by atoms with Gasteiger partial charge in [0.25, 0.3) is 17.3 Å². The number of aryl methyl sites for hydroxylation is 2. The normalized spacial score (nSPS) is 10.2. The van der Waals surface area contributed by atoms with Gasteiger partial charge < -0.3 is 5.32 Å². The first-order valence-corrected chi connectivity index (χ1v) is 6.61. The summed E-state index contributed by atoms with van der Waals surface area (Å²) in [6.45, 7) is 3.61. The monoisotopic (exact) mass is 315 g/mol. The van der Waals surface area contributed by atoms with Gasteiger partial charge in [-0.25, -0.2) is 0 Å². The van der Waals surface area contributed by atoms with E-state index in [1.165, 1.54) is 0 Å². The highest BCUT2D eigenvalue weighted by Crippen LogP contribution is 2.25. The number of rotatable bonds is 4. The van der Waals surface area contributed by atoms with Gasteiger partial charge in [-0.2, -0.15) is 0 Å². The molecular formula is C15H13N3O5. The third-order valence-electron chi connectivity index (χ3n) is 3.31. The van der Waals surface area contributed by atoms with Crippen molar-refractivity contribution in [1.82, 2.24) is 0 Å². The molecule has 8 nitrogen and oxygen atoms in total. The van der Waals surface area contributed by atoms with E-state index in [1.54, 1.807) is 26.0 Å². The molecule has 8 heteroatoms. The van der Waals surface area contributed by atoms with Gasteiger partial charge in [-0.3, -0.25) is 25.0 Å². The highest BCUT2D eigenvalue weighted by atomic mass is 16.6. The fraction of sp³-hybridized carbons (Fsp3) is 0.133. The van der Waals surface area contributed by atoms with E-state index in [1.807, 2.05) is 6.07 Å². The Morgan fingerprint density at radius 2 is 1.43 bits per heavy atom. The number of hydrogen-bond acceptors (Lipinski definition) is 5. The lowest BCUT2D eigenvalue weighted by Gasteiger charge is -2.11. The Balaban J connectivity index is 2.43. The van der Waals surface area contributed by atoms with E-state index in [2.05, 4.69) is 5.32 Å². The number of carbonyl (C=O) groups excluding carboxylic acids is 1. The molecule has 0 radical (unpaired) electrons. The molecule has 0 aliphatic carbocycles. The van der Waals surface area contributed by atoms with Gasteiger partial charge in [0.2, 0.25) is 0 Å². The summed E-state index contributed by atoms with van der Waals surface area (Å²) in [5.41, 5.74) is 1.05. The summed E-state index contributed by atoms with van der Waals surface area (Å²) in [5.74, 6) is -0.644. The quantitative estimate of drug-likeness (QED) is 0.686. The van der Waals surface area contributed by atoms with Gasteiger partial charge in [-0.05, 0) is 25.0 Å². The highest BCUT2D eigenvalue weighted by molar-refractivity contribution is 6.05. The number of para-hydroxylation sites is 1. The molecule has 1 amide bonds. The third kappa shape index (κ3) is 3.49. The molecule has 0 unspecified atom stereocenters. The number of nitrogens with one attached hydrogen (secondary N) is 1.